The van der Waals surface area contributed by atoms with Crippen LogP contribution in [0.5, 0.6) is 5.75 Å². The number of hydrogen-bond acceptors (Lipinski definition) is 4. The van der Waals surface area contributed by atoms with Crippen LogP contribution in [0.1, 0.15) is 0 Å². The van der Waals surface area contributed by atoms with Gasteiger partial charge in [0.25, 0.3) is 5.91 Å². The first kappa shape index (κ1) is 15.9. The maximum Gasteiger partial charge on any atom is 0.328 e. The fourth-order valence-electron chi connectivity index (χ4n) is 1.92. The number of carboxylic acid groups (broad SMARTS) is 1. The Morgan fingerprint density at radius 1 is 1.43 bits per heavy atom. The first-order valence-electron chi connectivity index (χ1n) is 6.17. The van der Waals surface area contributed by atoms with Gasteiger partial charge >= 0.3 is 5.97 Å². The smallest absolute Gasteiger partial charge is 0.328 e. The lowest BCUT2D eigenvalue weighted by Crippen LogP contribution is -2.53. The number of nitrogens with zero attached hydrogens (tertiary/aromatic N) is 1. The van der Waals surface area contributed by atoms with Crippen LogP contribution in [0.4, 0.5) is 0 Å². The average molecular weight is 334 g/mol. The van der Waals surface area contributed by atoms with Crippen molar-refractivity contribution in [3.8, 4) is 5.75 Å². The molecule has 114 valence electrons. The van der Waals surface area contributed by atoms with E-state index in [1.165, 1.54) is 11.0 Å². The summed E-state index contributed by atoms with van der Waals surface area (Å²) in [6.45, 7) is 0.165. The van der Waals surface area contributed by atoms with E-state index in [1.54, 1.807) is 12.1 Å². The van der Waals surface area contributed by atoms with Gasteiger partial charge in [0, 0.05) is 17.6 Å². The summed E-state index contributed by atoms with van der Waals surface area (Å²) < 4.78 is 10.4. The molecule has 1 atom stereocenters. The van der Waals surface area contributed by atoms with Crippen LogP contribution in [-0.4, -0.2) is 54.3 Å². The molecule has 21 heavy (non-hydrogen) atoms. The molecule has 1 aliphatic rings. The third-order valence-corrected chi connectivity index (χ3v) is 3.53. The van der Waals surface area contributed by atoms with Gasteiger partial charge in [-0.2, -0.15) is 0 Å². The first-order chi connectivity index (χ1) is 9.99. The van der Waals surface area contributed by atoms with Crippen molar-refractivity contribution >= 4 is 35.1 Å². The molecular weight excluding hydrogens is 321 g/mol. The lowest BCUT2D eigenvalue weighted by atomic mass is 10.2. The maximum absolute atomic E-state index is 12.1. The van der Waals surface area contributed by atoms with Gasteiger partial charge in [0.05, 0.1) is 18.2 Å². The maximum atomic E-state index is 12.1. The van der Waals surface area contributed by atoms with Crippen molar-refractivity contribution in [3.63, 3.8) is 0 Å². The van der Waals surface area contributed by atoms with Gasteiger partial charge in [-0.3, -0.25) is 4.79 Å². The molecule has 1 unspecified atom stereocenters. The number of carbonyl (C=O) groups is 2. The Hall–Kier alpha value is -1.50. The number of carbonyl (C=O) groups excluding carboxylic acids is 1. The molecule has 8 heteroatoms. The third kappa shape index (κ3) is 4.00. The highest BCUT2D eigenvalue weighted by atomic mass is 35.5. The van der Waals surface area contributed by atoms with Crippen LogP contribution in [0.3, 0.4) is 0 Å². The number of rotatable bonds is 4. The molecule has 1 aromatic rings. The highest BCUT2D eigenvalue weighted by Gasteiger charge is 2.32. The zero-order chi connectivity index (χ0) is 15.4. The highest BCUT2D eigenvalue weighted by molar-refractivity contribution is 6.34. The Bertz CT molecular complexity index is 551. The normalized spacial score (nSPS) is 18.4. The number of morpholine rings is 1. The minimum absolute atomic E-state index is 0.0288. The zero-order valence-electron chi connectivity index (χ0n) is 10.9. The van der Waals surface area contributed by atoms with E-state index in [2.05, 4.69) is 0 Å². The molecule has 0 radical (unpaired) electrons. The van der Waals surface area contributed by atoms with Crippen molar-refractivity contribution in [2.45, 2.75) is 6.04 Å². The largest absolute Gasteiger partial charge is 0.482 e. The number of benzene rings is 1. The summed E-state index contributed by atoms with van der Waals surface area (Å²) in [4.78, 5) is 24.4. The Morgan fingerprint density at radius 2 is 2.19 bits per heavy atom. The molecule has 1 amide bonds. The number of halogens is 2. The predicted molar refractivity (Wildman–Crippen MR) is 75.9 cm³/mol. The summed E-state index contributed by atoms with van der Waals surface area (Å²) in [6, 6.07) is 3.65. The number of aliphatic carboxylic acids is 1. The monoisotopic (exact) mass is 333 g/mol. The Morgan fingerprint density at radius 3 is 2.90 bits per heavy atom. The number of hydrogen-bond donors (Lipinski definition) is 1. The summed E-state index contributed by atoms with van der Waals surface area (Å²) in [5.74, 6) is -1.27. The summed E-state index contributed by atoms with van der Waals surface area (Å²) in [5.41, 5.74) is 0. The molecule has 0 aromatic heterocycles. The van der Waals surface area contributed by atoms with Crippen molar-refractivity contribution < 1.29 is 24.2 Å². The van der Waals surface area contributed by atoms with Crippen molar-refractivity contribution in [2.75, 3.05) is 26.4 Å². The Balaban J connectivity index is 2.00. The molecule has 1 aromatic carbocycles. The second kappa shape index (κ2) is 6.98. The van der Waals surface area contributed by atoms with Crippen LogP contribution in [0.25, 0.3) is 0 Å². The molecule has 1 heterocycles. The topological polar surface area (TPSA) is 76.1 Å². The molecule has 0 aliphatic carbocycles. The molecule has 1 N–H and O–H groups in total. The van der Waals surface area contributed by atoms with E-state index in [4.69, 9.17) is 37.8 Å². The minimum Gasteiger partial charge on any atom is -0.482 e. The molecule has 0 bridgehead atoms. The van der Waals surface area contributed by atoms with E-state index in [0.717, 1.165) is 0 Å². The second-order valence-corrected chi connectivity index (χ2v) is 5.22. The molecule has 1 saturated heterocycles. The third-order valence-electron chi connectivity index (χ3n) is 2.98. The number of amides is 1. The van der Waals surface area contributed by atoms with Gasteiger partial charge in [0.1, 0.15) is 5.75 Å². The highest BCUT2D eigenvalue weighted by Crippen LogP contribution is 2.27. The van der Waals surface area contributed by atoms with Crippen LogP contribution in [0.2, 0.25) is 10.0 Å². The van der Waals surface area contributed by atoms with Gasteiger partial charge in [-0.05, 0) is 12.1 Å². The van der Waals surface area contributed by atoms with Crippen molar-refractivity contribution in [1.29, 1.82) is 0 Å². The lowest BCUT2D eigenvalue weighted by molar-refractivity contribution is -0.159. The molecule has 1 aliphatic heterocycles. The van der Waals surface area contributed by atoms with Crippen LogP contribution < -0.4 is 4.74 Å². The van der Waals surface area contributed by atoms with Gasteiger partial charge in [0.15, 0.2) is 12.6 Å². The van der Waals surface area contributed by atoms with Crippen LogP contribution in [0, 0.1) is 0 Å². The molecule has 0 saturated carbocycles. The molecule has 2 rings (SSSR count). The lowest BCUT2D eigenvalue weighted by Gasteiger charge is -2.32. The van der Waals surface area contributed by atoms with E-state index >= 15 is 0 Å². The minimum atomic E-state index is -1.11. The van der Waals surface area contributed by atoms with E-state index in [0.29, 0.717) is 16.7 Å². The second-order valence-electron chi connectivity index (χ2n) is 4.38. The fraction of sp³-hybridized carbons (Fsp3) is 0.385. The number of ether oxygens (including phenoxy) is 2. The van der Waals surface area contributed by atoms with E-state index in [9.17, 15) is 9.59 Å². The predicted octanol–water partition coefficient (Wildman–Crippen LogP) is 1.68. The van der Waals surface area contributed by atoms with Crippen LogP contribution >= 0.6 is 23.2 Å². The molecule has 6 nitrogen and oxygen atoms in total. The zero-order valence-corrected chi connectivity index (χ0v) is 12.4. The number of carboxylic acids is 1. The van der Waals surface area contributed by atoms with Gasteiger partial charge < -0.3 is 19.5 Å². The summed E-state index contributed by atoms with van der Waals surface area (Å²) in [5, 5.41) is 9.82. The van der Waals surface area contributed by atoms with Crippen molar-refractivity contribution in [2.24, 2.45) is 0 Å². The first-order valence-corrected chi connectivity index (χ1v) is 6.92. The van der Waals surface area contributed by atoms with Gasteiger partial charge in [-0.15, -0.1) is 0 Å². The van der Waals surface area contributed by atoms with Crippen LogP contribution in [0.15, 0.2) is 18.2 Å². The fourth-order valence-corrected chi connectivity index (χ4v) is 2.25. The van der Waals surface area contributed by atoms with Gasteiger partial charge in [-0.1, -0.05) is 23.2 Å². The summed E-state index contributed by atoms with van der Waals surface area (Å²) in [7, 11) is 0. The van der Waals surface area contributed by atoms with Gasteiger partial charge in [0.2, 0.25) is 0 Å². The standard InChI is InChI=1S/C13H13Cl2NO5/c14-8-1-2-9(15)11(5-8)21-7-12(17)16-3-4-20-6-10(16)13(18)19/h1-2,5,10H,3-4,6-7H2,(H,18,19). The van der Waals surface area contributed by atoms with E-state index < -0.39 is 17.9 Å². The van der Waals surface area contributed by atoms with Crippen molar-refractivity contribution in [1.82, 2.24) is 4.90 Å². The molecule has 1 fully saturated rings. The quantitative estimate of drug-likeness (QED) is 0.907. The van der Waals surface area contributed by atoms with Crippen molar-refractivity contribution in [3.05, 3.63) is 28.2 Å². The molecular formula is C13H13Cl2NO5. The SMILES string of the molecule is O=C(O)C1COCCN1C(=O)COc1cc(Cl)ccc1Cl. The average Bonchev–Trinajstić information content (AvgIpc) is 2.47. The molecule has 0 spiro atoms. The Kier molecular flexibility index (Phi) is 5.27. The van der Waals surface area contributed by atoms with E-state index in [1.807, 2.05) is 0 Å². The Labute approximate surface area is 131 Å². The summed E-state index contributed by atoms with van der Waals surface area (Å²) in [6.07, 6.45) is 0. The van der Waals surface area contributed by atoms with Crippen LogP contribution in [-0.2, 0) is 14.3 Å². The summed E-state index contributed by atoms with van der Waals surface area (Å²) >= 11 is 11.7. The van der Waals surface area contributed by atoms with Gasteiger partial charge in [-0.25, -0.2) is 4.79 Å². The van der Waals surface area contributed by atoms with E-state index in [-0.39, 0.29) is 25.5 Å².